The highest BCUT2D eigenvalue weighted by atomic mass is 32.1. The van der Waals surface area contributed by atoms with Crippen LogP contribution in [0.1, 0.15) is 32.6 Å². The Kier molecular flexibility index (Phi) is 5.02. The van der Waals surface area contributed by atoms with Crippen LogP contribution in [-0.4, -0.2) is 48.8 Å². The Morgan fingerprint density at radius 1 is 1.16 bits per heavy atom. The van der Waals surface area contributed by atoms with Crippen molar-refractivity contribution in [3.8, 4) is 5.75 Å². The van der Waals surface area contributed by atoms with Gasteiger partial charge in [-0.15, -0.1) is 0 Å². The lowest BCUT2D eigenvalue weighted by Gasteiger charge is -2.39. The van der Waals surface area contributed by atoms with Crippen LogP contribution in [0, 0.1) is 11.8 Å². The molecule has 1 saturated heterocycles. The number of para-hydroxylation sites is 2. The topological polar surface area (TPSA) is 27.7 Å². The van der Waals surface area contributed by atoms with E-state index in [1.807, 2.05) is 13.0 Å². The van der Waals surface area contributed by atoms with E-state index in [0.29, 0.717) is 12.6 Å². The molecule has 3 atom stereocenters. The highest BCUT2D eigenvalue weighted by Crippen LogP contribution is 2.44. The van der Waals surface area contributed by atoms with Gasteiger partial charge in [0.2, 0.25) is 0 Å². The van der Waals surface area contributed by atoms with E-state index >= 15 is 0 Å². The number of hydrogen-bond acceptors (Lipinski definition) is 3. The zero-order valence-corrected chi connectivity index (χ0v) is 15.9. The van der Waals surface area contributed by atoms with Gasteiger partial charge >= 0.3 is 0 Å². The summed E-state index contributed by atoms with van der Waals surface area (Å²) in [6.07, 6.45) is 5.58. The van der Waals surface area contributed by atoms with Gasteiger partial charge in [0.1, 0.15) is 5.75 Å². The third kappa shape index (κ3) is 3.57. The SMILES string of the molecule is CCOc1ccccc1N1CCN(C(=S)N[C@H]2C[C@H]3CC[C@@H]2C3)CC1. The lowest BCUT2D eigenvalue weighted by Crippen LogP contribution is -2.54. The van der Waals surface area contributed by atoms with Gasteiger partial charge in [-0.2, -0.15) is 0 Å². The van der Waals surface area contributed by atoms with Crippen LogP contribution in [0.25, 0.3) is 0 Å². The van der Waals surface area contributed by atoms with Crippen LogP contribution in [-0.2, 0) is 0 Å². The Bertz CT molecular complexity index is 615. The average Bonchev–Trinajstić information content (AvgIpc) is 3.26. The second kappa shape index (κ2) is 7.40. The standard InChI is InChI=1S/C20H29N3OS/c1-2-24-19-6-4-3-5-18(19)22-9-11-23(12-10-22)20(25)21-17-14-15-7-8-16(17)13-15/h3-6,15-17H,2,7-14H2,1H3,(H,21,25)/t15-,16+,17-/m0/s1. The summed E-state index contributed by atoms with van der Waals surface area (Å²) in [5, 5.41) is 4.65. The molecule has 2 bridgehead atoms. The maximum atomic E-state index is 5.79. The van der Waals surface area contributed by atoms with Crippen molar-refractivity contribution < 1.29 is 4.74 Å². The first-order chi connectivity index (χ1) is 12.2. The molecule has 1 aliphatic heterocycles. The Hall–Kier alpha value is -1.49. The number of nitrogens with zero attached hydrogens (tertiary/aromatic N) is 2. The second-order valence-corrected chi connectivity index (χ2v) is 7.99. The van der Waals surface area contributed by atoms with E-state index in [1.54, 1.807) is 0 Å². The Morgan fingerprint density at radius 3 is 2.64 bits per heavy atom. The van der Waals surface area contributed by atoms with E-state index in [1.165, 1.54) is 31.4 Å². The molecule has 4 nitrogen and oxygen atoms in total. The summed E-state index contributed by atoms with van der Waals surface area (Å²) in [6.45, 7) is 6.68. The second-order valence-electron chi connectivity index (χ2n) is 7.61. The van der Waals surface area contributed by atoms with Gasteiger partial charge < -0.3 is 19.9 Å². The molecule has 2 saturated carbocycles. The predicted molar refractivity (Wildman–Crippen MR) is 106 cm³/mol. The summed E-state index contributed by atoms with van der Waals surface area (Å²) in [5.41, 5.74) is 1.20. The maximum Gasteiger partial charge on any atom is 0.169 e. The zero-order chi connectivity index (χ0) is 17.2. The van der Waals surface area contributed by atoms with Gasteiger partial charge in [-0.25, -0.2) is 0 Å². The minimum absolute atomic E-state index is 0.628. The van der Waals surface area contributed by atoms with Crippen LogP contribution in [0.3, 0.4) is 0 Å². The minimum Gasteiger partial charge on any atom is -0.492 e. The molecule has 1 aromatic carbocycles. The number of nitrogens with one attached hydrogen (secondary N) is 1. The van der Waals surface area contributed by atoms with Crippen LogP contribution < -0.4 is 15.0 Å². The average molecular weight is 360 g/mol. The highest BCUT2D eigenvalue weighted by Gasteiger charge is 2.40. The number of piperazine rings is 1. The Labute approximate surface area is 156 Å². The molecule has 0 unspecified atom stereocenters. The summed E-state index contributed by atoms with van der Waals surface area (Å²) in [4.78, 5) is 4.77. The van der Waals surface area contributed by atoms with Crippen molar-refractivity contribution in [3.05, 3.63) is 24.3 Å². The summed E-state index contributed by atoms with van der Waals surface area (Å²) in [7, 11) is 0. The van der Waals surface area contributed by atoms with Gasteiger partial charge in [0.25, 0.3) is 0 Å². The van der Waals surface area contributed by atoms with E-state index in [2.05, 4.69) is 33.3 Å². The molecule has 25 heavy (non-hydrogen) atoms. The molecule has 1 N–H and O–H groups in total. The molecule has 3 aliphatic rings. The fraction of sp³-hybridized carbons (Fsp3) is 0.650. The first-order valence-electron chi connectivity index (χ1n) is 9.77. The van der Waals surface area contributed by atoms with Crippen molar-refractivity contribution in [2.75, 3.05) is 37.7 Å². The molecule has 4 rings (SSSR count). The van der Waals surface area contributed by atoms with Crippen LogP contribution >= 0.6 is 12.2 Å². The number of thiocarbonyl (C=S) groups is 1. The van der Waals surface area contributed by atoms with Crippen molar-refractivity contribution in [3.63, 3.8) is 0 Å². The van der Waals surface area contributed by atoms with Crippen molar-refractivity contribution in [2.45, 2.75) is 38.6 Å². The van der Waals surface area contributed by atoms with E-state index in [9.17, 15) is 0 Å². The van der Waals surface area contributed by atoms with Gasteiger partial charge in [0.15, 0.2) is 5.11 Å². The van der Waals surface area contributed by atoms with Crippen LogP contribution in [0.4, 0.5) is 5.69 Å². The van der Waals surface area contributed by atoms with E-state index in [0.717, 1.165) is 48.9 Å². The predicted octanol–water partition coefficient (Wildman–Crippen LogP) is 3.27. The summed E-state index contributed by atoms with van der Waals surface area (Å²) < 4.78 is 5.79. The first-order valence-corrected chi connectivity index (χ1v) is 10.2. The fourth-order valence-electron chi connectivity index (χ4n) is 4.82. The third-order valence-electron chi connectivity index (χ3n) is 6.12. The molecular weight excluding hydrogens is 330 g/mol. The van der Waals surface area contributed by atoms with Crippen molar-refractivity contribution in [2.24, 2.45) is 11.8 Å². The van der Waals surface area contributed by atoms with Gasteiger partial charge in [0.05, 0.1) is 12.3 Å². The maximum absolute atomic E-state index is 5.79. The van der Waals surface area contributed by atoms with Crippen LogP contribution in [0.5, 0.6) is 5.75 Å². The molecule has 5 heteroatoms. The number of anilines is 1. The molecular formula is C20H29N3OS. The quantitative estimate of drug-likeness (QED) is 0.833. The van der Waals surface area contributed by atoms with Gasteiger partial charge in [0, 0.05) is 32.2 Å². The number of benzene rings is 1. The molecule has 3 fully saturated rings. The monoisotopic (exact) mass is 359 g/mol. The zero-order valence-electron chi connectivity index (χ0n) is 15.1. The summed E-state index contributed by atoms with van der Waals surface area (Å²) in [6, 6.07) is 8.98. The first kappa shape index (κ1) is 17.0. The molecule has 2 aliphatic carbocycles. The molecule has 136 valence electrons. The fourth-order valence-corrected chi connectivity index (χ4v) is 5.15. The van der Waals surface area contributed by atoms with E-state index in [4.69, 9.17) is 17.0 Å². The summed E-state index contributed by atoms with van der Waals surface area (Å²) in [5.74, 6) is 2.81. The third-order valence-corrected chi connectivity index (χ3v) is 6.50. The minimum atomic E-state index is 0.628. The molecule has 0 radical (unpaired) electrons. The molecule has 1 aromatic rings. The number of hydrogen-bond donors (Lipinski definition) is 1. The lowest BCUT2D eigenvalue weighted by atomic mass is 9.95. The van der Waals surface area contributed by atoms with Crippen LogP contribution in [0.15, 0.2) is 24.3 Å². The Morgan fingerprint density at radius 2 is 1.96 bits per heavy atom. The Balaban J connectivity index is 1.31. The van der Waals surface area contributed by atoms with Crippen molar-refractivity contribution >= 4 is 23.0 Å². The van der Waals surface area contributed by atoms with Crippen molar-refractivity contribution in [1.82, 2.24) is 10.2 Å². The van der Waals surface area contributed by atoms with Gasteiger partial charge in [-0.3, -0.25) is 0 Å². The van der Waals surface area contributed by atoms with Crippen molar-refractivity contribution in [1.29, 1.82) is 0 Å². The molecule has 0 spiro atoms. The largest absolute Gasteiger partial charge is 0.492 e. The molecule has 0 amide bonds. The molecule has 1 heterocycles. The van der Waals surface area contributed by atoms with E-state index < -0.39 is 0 Å². The van der Waals surface area contributed by atoms with Gasteiger partial charge in [-0.1, -0.05) is 18.6 Å². The van der Waals surface area contributed by atoms with E-state index in [-0.39, 0.29) is 0 Å². The summed E-state index contributed by atoms with van der Waals surface area (Å²) >= 11 is 5.72. The van der Waals surface area contributed by atoms with Crippen LogP contribution in [0.2, 0.25) is 0 Å². The normalized spacial score (nSPS) is 28.3. The van der Waals surface area contributed by atoms with Gasteiger partial charge in [-0.05, 0) is 62.4 Å². The number of rotatable bonds is 4. The number of ether oxygens (including phenoxy) is 1. The highest BCUT2D eigenvalue weighted by molar-refractivity contribution is 7.80. The lowest BCUT2D eigenvalue weighted by molar-refractivity contribution is 0.331. The molecule has 0 aromatic heterocycles. The smallest absolute Gasteiger partial charge is 0.169 e. The number of fused-ring (bicyclic) bond motifs is 2.